The molecule has 2 N–H and O–H groups in total. The largest absolute Gasteiger partial charge is 0.364 e. The summed E-state index contributed by atoms with van der Waals surface area (Å²) in [5, 5.41) is 7.08. The average Bonchev–Trinajstić information content (AvgIpc) is 3.20. The van der Waals surface area contributed by atoms with Gasteiger partial charge in [-0.2, -0.15) is 0 Å². The van der Waals surface area contributed by atoms with Crippen molar-refractivity contribution < 1.29 is 0 Å². The maximum atomic E-state index is 4.75. The van der Waals surface area contributed by atoms with Crippen LogP contribution in [0.5, 0.6) is 0 Å². The van der Waals surface area contributed by atoms with E-state index in [2.05, 4.69) is 44.1 Å². The second-order valence-corrected chi connectivity index (χ2v) is 6.44. The zero-order chi connectivity index (χ0) is 15.4. The summed E-state index contributed by atoms with van der Waals surface area (Å²) in [7, 11) is 0. The van der Waals surface area contributed by atoms with Gasteiger partial charge in [-0.05, 0) is 12.1 Å². The van der Waals surface area contributed by atoms with E-state index in [1.54, 1.807) is 6.20 Å². The van der Waals surface area contributed by atoms with Gasteiger partial charge in [0.15, 0.2) is 0 Å². The quantitative estimate of drug-likeness (QED) is 0.664. The van der Waals surface area contributed by atoms with Gasteiger partial charge in [-0.25, -0.2) is 9.97 Å². The molecule has 0 radical (unpaired) electrons. The van der Waals surface area contributed by atoms with E-state index < -0.39 is 0 Å². The van der Waals surface area contributed by atoms with Crippen LogP contribution < -0.4 is 10.6 Å². The number of nitrogens with one attached hydrogen (secondary N) is 2. The fourth-order valence-electron chi connectivity index (χ4n) is 3.95. The smallest absolute Gasteiger partial charge is 0.145 e. The number of pyridine rings is 1. The molecule has 1 unspecified atom stereocenters. The number of hydrogen-bond acceptors (Lipinski definition) is 5. The van der Waals surface area contributed by atoms with Crippen LogP contribution in [0.1, 0.15) is 18.5 Å². The Morgan fingerprint density at radius 1 is 1.17 bits per heavy atom. The highest BCUT2D eigenvalue weighted by Crippen LogP contribution is 2.34. The van der Waals surface area contributed by atoms with Crippen molar-refractivity contribution in [3.05, 3.63) is 42.5 Å². The summed E-state index contributed by atoms with van der Waals surface area (Å²) in [5.74, 6) is 1.75. The average molecular weight is 306 g/mol. The minimum atomic E-state index is 0.356. The Kier molecular flexibility index (Phi) is 2.69. The first kappa shape index (κ1) is 13.0. The molecule has 0 aromatic carbocycles. The molecule has 3 atom stereocenters. The number of nitrogens with zero attached hydrogens (tertiary/aromatic N) is 4. The number of hydrogen-bond donors (Lipinski definition) is 2. The van der Waals surface area contributed by atoms with Crippen molar-refractivity contribution in [1.29, 1.82) is 0 Å². The van der Waals surface area contributed by atoms with Crippen molar-refractivity contribution >= 4 is 11.5 Å². The summed E-state index contributed by atoms with van der Waals surface area (Å²) in [4.78, 5) is 13.7. The van der Waals surface area contributed by atoms with Gasteiger partial charge in [0, 0.05) is 36.7 Å². The number of imidazole rings is 1. The lowest BCUT2D eigenvalue weighted by molar-refractivity contribution is 0.445. The molecule has 0 saturated carbocycles. The Balaban J connectivity index is 1.83. The lowest BCUT2D eigenvalue weighted by Gasteiger charge is -2.28. The van der Waals surface area contributed by atoms with Gasteiger partial charge in [0.05, 0.1) is 24.3 Å². The van der Waals surface area contributed by atoms with E-state index in [1.165, 1.54) is 5.69 Å². The van der Waals surface area contributed by atoms with Crippen molar-refractivity contribution in [1.82, 2.24) is 24.7 Å². The molecule has 3 aromatic heterocycles. The van der Waals surface area contributed by atoms with Crippen LogP contribution in [0.3, 0.4) is 0 Å². The molecule has 0 aliphatic carbocycles. The molecule has 23 heavy (non-hydrogen) atoms. The minimum absolute atomic E-state index is 0.356. The number of aromatic nitrogens is 4. The Morgan fingerprint density at radius 3 is 3.09 bits per heavy atom. The molecule has 3 aromatic rings. The highest BCUT2D eigenvalue weighted by Gasteiger charge is 2.34. The van der Waals surface area contributed by atoms with E-state index >= 15 is 0 Å². The molecule has 6 heteroatoms. The minimum Gasteiger partial charge on any atom is -0.364 e. The van der Waals surface area contributed by atoms with E-state index in [-0.39, 0.29) is 0 Å². The summed E-state index contributed by atoms with van der Waals surface area (Å²) in [5.41, 5.74) is 4.10. The van der Waals surface area contributed by atoms with E-state index in [4.69, 9.17) is 4.98 Å². The summed E-state index contributed by atoms with van der Waals surface area (Å²) in [6.07, 6.45) is 5.50. The van der Waals surface area contributed by atoms with Gasteiger partial charge in [-0.3, -0.25) is 9.38 Å². The Bertz CT molecular complexity index is 886. The van der Waals surface area contributed by atoms with Crippen LogP contribution in [-0.4, -0.2) is 38.5 Å². The molecule has 2 bridgehead atoms. The van der Waals surface area contributed by atoms with Crippen LogP contribution in [0, 0.1) is 5.92 Å². The van der Waals surface area contributed by atoms with Gasteiger partial charge < -0.3 is 10.6 Å². The van der Waals surface area contributed by atoms with E-state index in [0.717, 1.165) is 35.9 Å². The van der Waals surface area contributed by atoms with Gasteiger partial charge >= 0.3 is 0 Å². The molecule has 6 nitrogen and oxygen atoms in total. The number of fused-ring (bicyclic) bond motifs is 4. The maximum absolute atomic E-state index is 4.75. The van der Waals surface area contributed by atoms with Crippen LogP contribution in [0.4, 0.5) is 5.82 Å². The molecule has 0 amide bonds. The molecule has 2 aliphatic rings. The van der Waals surface area contributed by atoms with Crippen LogP contribution >= 0.6 is 0 Å². The van der Waals surface area contributed by atoms with Crippen LogP contribution in [-0.2, 0) is 0 Å². The fraction of sp³-hybridized carbons (Fsp3) is 0.353. The summed E-state index contributed by atoms with van der Waals surface area (Å²) < 4.78 is 2.24. The van der Waals surface area contributed by atoms with Crippen molar-refractivity contribution in [3.8, 4) is 11.4 Å². The molecular formula is C17H18N6. The molecular weight excluding hydrogens is 288 g/mol. The predicted molar refractivity (Wildman–Crippen MR) is 88.4 cm³/mol. The molecule has 5 heterocycles. The predicted octanol–water partition coefficient (Wildman–Crippen LogP) is 1.91. The van der Waals surface area contributed by atoms with Gasteiger partial charge in [0.25, 0.3) is 0 Å². The second kappa shape index (κ2) is 4.76. The Hall–Kier alpha value is -2.47. The SMILES string of the molecule is CC1c2cccc3ncc(n23)-c2cncc(n2)N[C@H]2CNC[C@@H]12. The van der Waals surface area contributed by atoms with Crippen molar-refractivity contribution in [2.45, 2.75) is 18.9 Å². The summed E-state index contributed by atoms with van der Waals surface area (Å²) in [6.45, 7) is 4.27. The summed E-state index contributed by atoms with van der Waals surface area (Å²) in [6, 6.07) is 6.70. The Morgan fingerprint density at radius 2 is 2.13 bits per heavy atom. The molecule has 1 fully saturated rings. The first-order valence-corrected chi connectivity index (χ1v) is 8.07. The van der Waals surface area contributed by atoms with Gasteiger partial charge in [0.2, 0.25) is 0 Å². The summed E-state index contributed by atoms with van der Waals surface area (Å²) >= 11 is 0. The van der Waals surface area contributed by atoms with Crippen LogP contribution in [0.15, 0.2) is 36.8 Å². The van der Waals surface area contributed by atoms with Gasteiger partial charge in [0.1, 0.15) is 17.2 Å². The first-order valence-electron chi connectivity index (χ1n) is 8.07. The third kappa shape index (κ3) is 1.88. The van der Waals surface area contributed by atoms with Crippen molar-refractivity contribution in [2.24, 2.45) is 5.92 Å². The fourth-order valence-corrected chi connectivity index (χ4v) is 3.95. The first-order chi connectivity index (χ1) is 11.3. The van der Waals surface area contributed by atoms with Gasteiger partial charge in [-0.1, -0.05) is 13.0 Å². The topological polar surface area (TPSA) is 67.1 Å². The zero-order valence-corrected chi connectivity index (χ0v) is 12.9. The van der Waals surface area contributed by atoms with Crippen molar-refractivity contribution in [2.75, 3.05) is 18.4 Å². The standard InChI is InChI=1S/C17H18N6/c1-10-11-5-18-6-12(11)21-16-9-19-7-13(22-16)15-8-20-17-4-2-3-14(10)23(15)17/h2-4,7-12,18H,5-6H2,1H3,(H,21,22)/t10?,11-,12-/m0/s1. The lowest BCUT2D eigenvalue weighted by atomic mass is 9.86. The molecule has 116 valence electrons. The highest BCUT2D eigenvalue weighted by atomic mass is 15.1. The molecule has 5 rings (SSSR count). The number of anilines is 1. The van der Waals surface area contributed by atoms with Gasteiger partial charge in [-0.15, -0.1) is 0 Å². The van der Waals surface area contributed by atoms with Crippen LogP contribution in [0.2, 0.25) is 0 Å². The van der Waals surface area contributed by atoms with E-state index in [9.17, 15) is 0 Å². The molecule has 0 spiro atoms. The lowest BCUT2D eigenvalue weighted by Crippen LogP contribution is -2.32. The monoisotopic (exact) mass is 306 g/mol. The highest BCUT2D eigenvalue weighted by molar-refractivity contribution is 5.62. The van der Waals surface area contributed by atoms with E-state index in [0.29, 0.717) is 17.9 Å². The third-order valence-corrected chi connectivity index (χ3v) is 5.16. The maximum Gasteiger partial charge on any atom is 0.145 e. The third-order valence-electron chi connectivity index (χ3n) is 5.16. The molecule has 2 aliphatic heterocycles. The molecule has 1 saturated heterocycles. The number of rotatable bonds is 0. The normalized spacial score (nSPS) is 25.9. The Labute approximate surface area is 134 Å². The van der Waals surface area contributed by atoms with E-state index in [1.807, 2.05) is 18.5 Å². The van der Waals surface area contributed by atoms with Crippen LogP contribution in [0.25, 0.3) is 17.0 Å². The van der Waals surface area contributed by atoms with Crippen molar-refractivity contribution in [3.63, 3.8) is 0 Å². The second-order valence-electron chi connectivity index (χ2n) is 6.44. The zero-order valence-electron chi connectivity index (χ0n) is 12.9.